The van der Waals surface area contributed by atoms with E-state index in [2.05, 4.69) is 0 Å². The number of amides is 2. The Balaban J connectivity index is 1.31. The molecule has 1 spiro atoms. The van der Waals surface area contributed by atoms with Crippen molar-refractivity contribution in [2.75, 3.05) is 19.6 Å². The highest BCUT2D eigenvalue weighted by atomic mass is 19.1. The summed E-state index contributed by atoms with van der Waals surface area (Å²) in [4.78, 5) is 29.7. The van der Waals surface area contributed by atoms with Crippen LogP contribution in [-0.2, 0) is 21.5 Å². The zero-order valence-electron chi connectivity index (χ0n) is 17.9. The van der Waals surface area contributed by atoms with E-state index in [1.54, 1.807) is 29.2 Å². The highest BCUT2D eigenvalue weighted by Gasteiger charge is 2.54. The summed E-state index contributed by atoms with van der Waals surface area (Å²) in [6.07, 6.45) is 3.60. The first-order valence-corrected chi connectivity index (χ1v) is 11.2. The van der Waals surface area contributed by atoms with Gasteiger partial charge in [0.25, 0.3) is 0 Å². The fraction of sp³-hybridized carbons (Fsp3) is 0.440. The van der Waals surface area contributed by atoms with E-state index in [1.165, 1.54) is 24.3 Å². The van der Waals surface area contributed by atoms with Crippen molar-refractivity contribution in [1.29, 1.82) is 0 Å². The number of hydrogen-bond donors (Lipinski definition) is 0. The molecule has 3 aliphatic rings. The number of ether oxygens (including phenoxy) is 1. The molecule has 0 bridgehead atoms. The molecule has 2 aromatic rings. The van der Waals surface area contributed by atoms with Crippen LogP contribution in [0.15, 0.2) is 48.5 Å². The second-order valence-electron chi connectivity index (χ2n) is 9.31. The molecule has 1 saturated carbocycles. The van der Waals surface area contributed by atoms with Crippen LogP contribution < -0.4 is 0 Å². The fourth-order valence-electron chi connectivity index (χ4n) is 5.53. The molecule has 2 saturated heterocycles. The molecule has 5 nitrogen and oxygen atoms in total. The maximum Gasteiger partial charge on any atom is 0.410 e. The van der Waals surface area contributed by atoms with Crippen LogP contribution >= 0.6 is 0 Å². The third kappa shape index (κ3) is 3.63. The summed E-state index contributed by atoms with van der Waals surface area (Å²) in [6, 6.07) is 12.3. The second kappa shape index (κ2) is 7.87. The maximum absolute atomic E-state index is 13.7. The zero-order valence-corrected chi connectivity index (χ0v) is 17.9. The van der Waals surface area contributed by atoms with E-state index in [1.807, 2.05) is 4.90 Å². The molecule has 168 valence electrons. The van der Waals surface area contributed by atoms with Crippen LogP contribution in [0.1, 0.15) is 43.2 Å². The number of hydrogen-bond acceptors (Lipinski definition) is 3. The lowest BCUT2D eigenvalue weighted by molar-refractivity contribution is -0.137. The van der Waals surface area contributed by atoms with Gasteiger partial charge in [0.1, 0.15) is 11.6 Å². The van der Waals surface area contributed by atoms with E-state index < -0.39 is 17.1 Å². The molecule has 1 aliphatic carbocycles. The smallest absolute Gasteiger partial charge is 0.410 e. The van der Waals surface area contributed by atoms with Gasteiger partial charge in [-0.3, -0.25) is 9.69 Å². The molecule has 0 aromatic heterocycles. The van der Waals surface area contributed by atoms with Crippen LogP contribution in [-0.4, -0.2) is 47.0 Å². The lowest BCUT2D eigenvalue weighted by atomic mass is 9.77. The molecule has 0 unspecified atom stereocenters. The SMILES string of the molecule is O=C1O[C@]2(CCN(C(=O)C3(c4ccc(F)cc4)CCCC3)C2)CN1Cc1ccc(F)cc1. The third-order valence-electron chi connectivity index (χ3n) is 7.19. The van der Waals surface area contributed by atoms with Gasteiger partial charge in [0.2, 0.25) is 5.91 Å². The standard InChI is InChI=1S/C25H26F2N2O3/c26-20-7-3-18(4-8-20)15-29-17-24(32-23(29)31)13-14-28(16-24)22(30)25(11-1-2-12-25)19-5-9-21(27)10-6-19/h3-10H,1-2,11-17H2/t24-/m0/s1. The lowest BCUT2D eigenvalue weighted by Gasteiger charge is -2.33. The molecule has 7 heteroatoms. The van der Waals surface area contributed by atoms with Crippen LogP contribution in [0, 0.1) is 11.6 Å². The van der Waals surface area contributed by atoms with Crippen LogP contribution in [0.2, 0.25) is 0 Å². The van der Waals surface area contributed by atoms with Crippen molar-refractivity contribution >= 4 is 12.0 Å². The molecule has 2 amide bonds. The quantitative estimate of drug-likeness (QED) is 0.708. The Morgan fingerprint density at radius 1 is 0.906 bits per heavy atom. The number of carbonyl (C=O) groups excluding carboxylic acids is 2. The van der Waals surface area contributed by atoms with Gasteiger partial charge < -0.3 is 9.64 Å². The summed E-state index contributed by atoms with van der Waals surface area (Å²) in [5.74, 6) is -0.582. The summed E-state index contributed by atoms with van der Waals surface area (Å²) in [5.41, 5.74) is 0.349. The Morgan fingerprint density at radius 3 is 2.19 bits per heavy atom. The molecular weight excluding hydrogens is 414 g/mol. The third-order valence-corrected chi connectivity index (χ3v) is 7.19. The zero-order chi connectivity index (χ0) is 22.3. The van der Waals surface area contributed by atoms with Gasteiger partial charge in [-0.25, -0.2) is 13.6 Å². The Kier molecular flexibility index (Phi) is 5.14. The predicted octanol–water partition coefficient (Wildman–Crippen LogP) is 4.40. The largest absolute Gasteiger partial charge is 0.439 e. The number of halogens is 2. The van der Waals surface area contributed by atoms with Gasteiger partial charge >= 0.3 is 6.09 Å². The second-order valence-corrected chi connectivity index (χ2v) is 9.31. The topological polar surface area (TPSA) is 49.9 Å². The van der Waals surface area contributed by atoms with Gasteiger partial charge in [0, 0.05) is 19.5 Å². The van der Waals surface area contributed by atoms with Crippen molar-refractivity contribution in [2.45, 2.75) is 49.7 Å². The summed E-state index contributed by atoms with van der Waals surface area (Å²) in [5, 5.41) is 0. The van der Waals surface area contributed by atoms with Crippen molar-refractivity contribution < 1.29 is 23.1 Å². The van der Waals surface area contributed by atoms with E-state index >= 15 is 0 Å². The maximum atomic E-state index is 13.7. The number of carbonyl (C=O) groups is 2. The van der Waals surface area contributed by atoms with Crippen LogP contribution in [0.25, 0.3) is 0 Å². The summed E-state index contributed by atoms with van der Waals surface area (Å²) < 4.78 is 32.4. The van der Waals surface area contributed by atoms with Gasteiger partial charge in [0.05, 0.1) is 18.5 Å². The Hall–Kier alpha value is -2.96. The molecule has 0 N–H and O–H groups in total. The van der Waals surface area contributed by atoms with Crippen molar-refractivity contribution in [3.63, 3.8) is 0 Å². The predicted molar refractivity (Wildman–Crippen MR) is 114 cm³/mol. The van der Waals surface area contributed by atoms with E-state index in [0.717, 1.165) is 36.8 Å². The van der Waals surface area contributed by atoms with E-state index in [9.17, 15) is 18.4 Å². The molecular formula is C25H26F2N2O3. The summed E-state index contributed by atoms with van der Waals surface area (Å²) in [6.45, 7) is 1.63. The first kappa shape index (κ1) is 20.9. The van der Waals surface area contributed by atoms with Crippen LogP contribution in [0.5, 0.6) is 0 Å². The monoisotopic (exact) mass is 440 g/mol. The molecule has 3 fully saturated rings. The molecule has 2 aliphatic heterocycles. The van der Waals surface area contributed by atoms with Crippen molar-refractivity contribution in [2.24, 2.45) is 0 Å². The molecule has 32 heavy (non-hydrogen) atoms. The van der Waals surface area contributed by atoms with E-state index in [4.69, 9.17) is 4.74 Å². The minimum absolute atomic E-state index is 0.0477. The highest BCUT2D eigenvalue weighted by molar-refractivity contribution is 5.89. The molecule has 2 aromatic carbocycles. The molecule has 0 radical (unpaired) electrons. The number of benzene rings is 2. The number of rotatable bonds is 4. The highest BCUT2D eigenvalue weighted by Crippen LogP contribution is 2.44. The average molecular weight is 440 g/mol. The first-order valence-electron chi connectivity index (χ1n) is 11.2. The Labute approximate surface area is 186 Å². The van der Waals surface area contributed by atoms with Crippen LogP contribution in [0.4, 0.5) is 13.6 Å². The number of nitrogens with zero attached hydrogens (tertiary/aromatic N) is 2. The van der Waals surface area contributed by atoms with Crippen molar-refractivity contribution in [3.8, 4) is 0 Å². The van der Waals surface area contributed by atoms with Crippen molar-refractivity contribution in [1.82, 2.24) is 9.80 Å². The summed E-state index contributed by atoms with van der Waals surface area (Å²) in [7, 11) is 0. The lowest BCUT2D eigenvalue weighted by Crippen LogP contribution is -2.47. The minimum atomic E-state index is -0.713. The normalized spacial score (nSPS) is 24.4. The van der Waals surface area contributed by atoms with Gasteiger partial charge in [-0.2, -0.15) is 0 Å². The molecule has 5 rings (SSSR count). The minimum Gasteiger partial charge on any atom is -0.439 e. The first-order chi connectivity index (χ1) is 15.4. The van der Waals surface area contributed by atoms with E-state index in [-0.39, 0.29) is 17.5 Å². The van der Waals surface area contributed by atoms with Crippen LogP contribution in [0.3, 0.4) is 0 Å². The summed E-state index contributed by atoms with van der Waals surface area (Å²) >= 11 is 0. The molecule has 1 atom stereocenters. The molecule has 2 heterocycles. The van der Waals surface area contributed by atoms with Crippen molar-refractivity contribution in [3.05, 3.63) is 71.3 Å². The number of likely N-dealkylation sites (tertiary alicyclic amines) is 1. The van der Waals surface area contributed by atoms with Gasteiger partial charge in [0.15, 0.2) is 5.60 Å². The fourth-order valence-corrected chi connectivity index (χ4v) is 5.53. The Bertz CT molecular complexity index is 1020. The Morgan fingerprint density at radius 2 is 1.53 bits per heavy atom. The van der Waals surface area contributed by atoms with Gasteiger partial charge in [-0.1, -0.05) is 37.1 Å². The van der Waals surface area contributed by atoms with Gasteiger partial charge in [-0.05, 0) is 48.2 Å². The van der Waals surface area contributed by atoms with E-state index in [0.29, 0.717) is 32.6 Å². The van der Waals surface area contributed by atoms with Gasteiger partial charge in [-0.15, -0.1) is 0 Å². The average Bonchev–Trinajstić information content (AvgIpc) is 3.50.